The highest BCUT2D eigenvalue weighted by Gasteiger charge is 2.42. The van der Waals surface area contributed by atoms with E-state index in [-0.39, 0.29) is 18.1 Å². The number of aromatic nitrogens is 2. The molecule has 4 rings (SSSR count). The molecule has 1 aliphatic carbocycles. The minimum atomic E-state index is -0.749. The molecule has 0 spiro atoms. The zero-order chi connectivity index (χ0) is 24.3. The van der Waals surface area contributed by atoms with Crippen LogP contribution in [0.4, 0.5) is 5.82 Å². The number of pyridine rings is 2. The molecule has 0 aliphatic heterocycles. The second-order valence-electron chi connectivity index (χ2n) is 8.69. The number of amides is 1. The highest BCUT2D eigenvalue weighted by molar-refractivity contribution is 7.99. The number of nitrogens with one attached hydrogen (secondary N) is 1. The molecule has 1 aliphatic rings. The number of thioether (sulfide) groups is 1. The molecule has 2 aromatic heterocycles. The first-order valence-electron chi connectivity index (χ1n) is 11.4. The lowest BCUT2D eigenvalue weighted by molar-refractivity contribution is -0.115. The third-order valence-electron chi connectivity index (χ3n) is 6.28. The summed E-state index contributed by atoms with van der Waals surface area (Å²) in [7, 11) is 1.60. The molecule has 1 N–H and O–H groups in total. The van der Waals surface area contributed by atoms with Crippen molar-refractivity contribution < 1.29 is 14.3 Å². The zero-order valence-corrected chi connectivity index (χ0v) is 20.8. The first-order chi connectivity index (χ1) is 16.3. The lowest BCUT2D eigenvalue weighted by atomic mass is 9.70. The van der Waals surface area contributed by atoms with Gasteiger partial charge in [0.1, 0.15) is 11.6 Å². The SMILES string of the molecule is CCSc1ccc(CC(=O)Nc2cc(C)c3c(n2)CCC(C)(c2cc(OC)ccn2)C3=O)cc1. The first-order valence-corrected chi connectivity index (χ1v) is 12.4. The van der Waals surface area contributed by atoms with Crippen LogP contribution >= 0.6 is 11.8 Å². The number of carbonyl (C=O) groups excluding carboxylic acids is 2. The van der Waals surface area contributed by atoms with Crippen LogP contribution in [0.3, 0.4) is 0 Å². The van der Waals surface area contributed by atoms with Gasteiger partial charge in [0, 0.05) is 22.7 Å². The molecule has 7 heteroatoms. The predicted molar refractivity (Wildman–Crippen MR) is 135 cm³/mol. The number of aryl methyl sites for hydroxylation is 2. The number of nitrogens with zero attached hydrogens (tertiary/aromatic N) is 2. The Bertz CT molecular complexity index is 1230. The van der Waals surface area contributed by atoms with E-state index in [4.69, 9.17) is 4.74 Å². The molecule has 1 atom stereocenters. The molecule has 0 saturated heterocycles. The Hall–Kier alpha value is -3.19. The standard InChI is InChI=1S/C27H29N3O3S/c1-5-34-20-8-6-18(7-9-20)15-24(31)30-23-14-17(2)25-21(29-23)10-12-27(3,26(25)32)22-16-19(33-4)11-13-28-22/h6-9,11,13-14,16H,5,10,12,15H2,1-4H3,(H,29,30,31). The first kappa shape index (κ1) is 24.0. The van der Waals surface area contributed by atoms with Crippen LogP contribution in [0, 0.1) is 6.92 Å². The topological polar surface area (TPSA) is 81.2 Å². The van der Waals surface area contributed by atoms with Crippen LogP contribution in [-0.4, -0.2) is 34.5 Å². The molecule has 0 saturated carbocycles. The van der Waals surface area contributed by atoms with E-state index in [0.29, 0.717) is 35.7 Å². The number of methoxy groups -OCH3 is 1. The fraction of sp³-hybridized carbons (Fsp3) is 0.333. The van der Waals surface area contributed by atoms with Crippen molar-refractivity contribution in [3.05, 3.63) is 76.7 Å². The quantitative estimate of drug-likeness (QED) is 0.475. The Balaban J connectivity index is 1.52. The summed E-state index contributed by atoms with van der Waals surface area (Å²) < 4.78 is 5.33. The third kappa shape index (κ3) is 4.85. The largest absolute Gasteiger partial charge is 0.497 e. The van der Waals surface area contributed by atoms with Crippen LogP contribution in [0.1, 0.15) is 53.1 Å². The van der Waals surface area contributed by atoms with E-state index in [2.05, 4.69) is 22.2 Å². The number of anilines is 1. The van der Waals surface area contributed by atoms with Gasteiger partial charge in [0.15, 0.2) is 5.78 Å². The average molecular weight is 476 g/mol. The lowest BCUT2D eigenvalue weighted by Gasteiger charge is -2.33. The second kappa shape index (κ2) is 9.97. The van der Waals surface area contributed by atoms with E-state index in [1.54, 1.807) is 37.2 Å². The van der Waals surface area contributed by atoms with Gasteiger partial charge in [-0.2, -0.15) is 0 Å². The molecule has 2 heterocycles. The van der Waals surface area contributed by atoms with E-state index in [1.807, 2.05) is 44.2 Å². The Kier molecular flexibility index (Phi) is 7.03. The van der Waals surface area contributed by atoms with E-state index in [9.17, 15) is 9.59 Å². The van der Waals surface area contributed by atoms with Gasteiger partial charge in [-0.15, -0.1) is 11.8 Å². The predicted octanol–water partition coefficient (Wildman–Crippen LogP) is 5.17. The summed E-state index contributed by atoms with van der Waals surface area (Å²) in [6, 6.07) is 13.4. The molecule has 1 aromatic carbocycles. The van der Waals surface area contributed by atoms with E-state index in [0.717, 1.165) is 22.6 Å². The van der Waals surface area contributed by atoms with Gasteiger partial charge in [-0.25, -0.2) is 4.98 Å². The van der Waals surface area contributed by atoms with Crippen molar-refractivity contribution in [2.24, 2.45) is 0 Å². The molecule has 0 bridgehead atoms. The van der Waals surface area contributed by atoms with E-state index < -0.39 is 5.41 Å². The minimum absolute atomic E-state index is 0.00224. The molecule has 0 fully saturated rings. The van der Waals surface area contributed by atoms with Gasteiger partial charge >= 0.3 is 0 Å². The minimum Gasteiger partial charge on any atom is -0.497 e. The van der Waals surface area contributed by atoms with Crippen LogP contribution < -0.4 is 10.1 Å². The second-order valence-corrected chi connectivity index (χ2v) is 10.0. The molecule has 0 radical (unpaired) electrons. The Morgan fingerprint density at radius 2 is 1.97 bits per heavy atom. The summed E-state index contributed by atoms with van der Waals surface area (Å²) in [5.74, 6) is 2.05. The van der Waals surface area contributed by atoms with Gasteiger partial charge in [0.05, 0.1) is 30.3 Å². The maximum Gasteiger partial charge on any atom is 0.229 e. The van der Waals surface area contributed by atoms with Gasteiger partial charge in [0.25, 0.3) is 0 Å². The highest BCUT2D eigenvalue weighted by atomic mass is 32.2. The van der Waals surface area contributed by atoms with Crippen molar-refractivity contribution in [3.63, 3.8) is 0 Å². The van der Waals surface area contributed by atoms with Crippen LogP contribution in [0.25, 0.3) is 0 Å². The third-order valence-corrected chi connectivity index (χ3v) is 7.17. The van der Waals surface area contributed by atoms with Crippen molar-refractivity contribution in [2.75, 3.05) is 18.2 Å². The molecule has 3 aromatic rings. The number of ketones is 1. The number of hydrogen-bond acceptors (Lipinski definition) is 6. The number of ether oxygens (including phenoxy) is 1. The summed E-state index contributed by atoms with van der Waals surface area (Å²) in [4.78, 5) is 36.5. The molecule has 1 amide bonds. The monoisotopic (exact) mass is 475 g/mol. The fourth-order valence-corrected chi connectivity index (χ4v) is 5.04. The molecule has 1 unspecified atom stereocenters. The Labute approximate surface area is 204 Å². The van der Waals surface area contributed by atoms with Crippen molar-refractivity contribution >= 4 is 29.3 Å². The number of benzene rings is 1. The van der Waals surface area contributed by atoms with Crippen molar-refractivity contribution in [1.82, 2.24) is 9.97 Å². The highest BCUT2D eigenvalue weighted by Crippen LogP contribution is 2.39. The summed E-state index contributed by atoms with van der Waals surface area (Å²) in [5, 5.41) is 2.91. The number of hydrogen-bond donors (Lipinski definition) is 1. The Morgan fingerprint density at radius 1 is 1.21 bits per heavy atom. The molecular formula is C27H29N3O3S. The Morgan fingerprint density at radius 3 is 2.68 bits per heavy atom. The summed E-state index contributed by atoms with van der Waals surface area (Å²) in [5.41, 5.74) is 3.05. The number of Topliss-reactive ketones (excluding diaryl/α,β-unsaturated/α-hetero) is 1. The van der Waals surface area contributed by atoms with Crippen LogP contribution in [-0.2, 0) is 23.1 Å². The van der Waals surface area contributed by atoms with Gasteiger partial charge in [-0.1, -0.05) is 19.1 Å². The van der Waals surface area contributed by atoms with Gasteiger partial charge in [-0.3, -0.25) is 14.6 Å². The molecule has 176 valence electrons. The van der Waals surface area contributed by atoms with Gasteiger partial charge < -0.3 is 10.1 Å². The number of fused-ring (bicyclic) bond motifs is 1. The van der Waals surface area contributed by atoms with E-state index in [1.165, 1.54) is 4.90 Å². The zero-order valence-electron chi connectivity index (χ0n) is 20.0. The van der Waals surface area contributed by atoms with Gasteiger partial charge in [0.2, 0.25) is 5.91 Å². The summed E-state index contributed by atoms with van der Waals surface area (Å²) in [6.07, 6.45) is 3.15. The lowest BCUT2D eigenvalue weighted by Crippen LogP contribution is -2.39. The van der Waals surface area contributed by atoms with Crippen molar-refractivity contribution in [3.8, 4) is 5.75 Å². The van der Waals surface area contributed by atoms with Crippen molar-refractivity contribution in [1.29, 1.82) is 0 Å². The van der Waals surface area contributed by atoms with Crippen molar-refractivity contribution in [2.45, 2.75) is 50.3 Å². The molecule has 6 nitrogen and oxygen atoms in total. The number of rotatable bonds is 7. The average Bonchev–Trinajstić information content (AvgIpc) is 2.83. The molecular weight excluding hydrogens is 446 g/mol. The summed E-state index contributed by atoms with van der Waals surface area (Å²) in [6.45, 7) is 5.94. The fourth-order valence-electron chi connectivity index (χ4n) is 4.38. The smallest absolute Gasteiger partial charge is 0.229 e. The van der Waals surface area contributed by atoms with Gasteiger partial charge in [-0.05, 0) is 67.8 Å². The van der Waals surface area contributed by atoms with E-state index >= 15 is 0 Å². The number of carbonyl (C=O) groups is 2. The van der Waals surface area contributed by atoms with Crippen LogP contribution in [0.15, 0.2) is 53.6 Å². The van der Waals surface area contributed by atoms with Crippen LogP contribution in [0.5, 0.6) is 5.75 Å². The maximum atomic E-state index is 13.6. The normalized spacial score (nSPS) is 17.2. The maximum absolute atomic E-state index is 13.6. The molecule has 34 heavy (non-hydrogen) atoms. The summed E-state index contributed by atoms with van der Waals surface area (Å²) >= 11 is 1.77. The van der Waals surface area contributed by atoms with Crippen LogP contribution in [0.2, 0.25) is 0 Å².